The van der Waals surface area contributed by atoms with Gasteiger partial charge in [0.15, 0.2) is 12.1 Å². The molecular weight excluding hydrogens is 859 g/mol. The van der Waals surface area contributed by atoms with Crippen LogP contribution in [0.2, 0.25) is 0 Å². The first-order valence-corrected chi connectivity index (χ1v) is 27.8. The van der Waals surface area contributed by atoms with Crippen LogP contribution in [-0.2, 0) is 28.6 Å². The SMILES string of the molecule is CC/C=C/C/C=C/C/C=C/C/C=C/C/C=C/C/C=C/CCCCCCC(=O)OCC(COCCC(C(=O)O)[N+](C)(C)C)OC(=O)CCCCCCCCC/C=C/C/C=C/CCCCCCCCCC. The van der Waals surface area contributed by atoms with Gasteiger partial charge in [-0.05, 0) is 96.3 Å². The van der Waals surface area contributed by atoms with Gasteiger partial charge in [0.25, 0.3) is 0 Å². The summed E-state index contributed by atoms with van der Waals surface area (Å²) in [5.74, 6) is -1.51. The molecule has 0 radical (unpaired) electrons. The van der Waals surface area contributed by atoms with Gasteiger partial charge in [0.05, 0.1) is 34.4 Å². The van der Waals surface area contributed by atoms with Crippen molar-refractivity contribution < 1.29 is 38.2 Å². The number of ether oxygens (including phenoxy) is 3. The van der Waals surface area contributed by atoms with Gasteiger partial charge in [-0.3, -0.25) is 9.59 Å². The zero-order valence-electron chi connectivity index (χ0n) is 45.0. The summed E-state index contributed by atoms with van der Waals surface area (Å²) in [6.45, 7) is 4.59. The molecule has 0 aromatic rings. The maximum absolute atomic E-state index is 12.8. The molecule has 0 amide bonds. The van der Waals surface area contributed by atoms with Gasteiger partial charge in [-0.25, -0.2) is 4.79 Å². The number of carbonyl (C=O) groups excluding carboxylic acids is 2. The monoisotopic (exact) mass is 963 g/mol. The molecule has 2 unspecified atom stereocenters. The molecule has 0 saturated carbocycles. The molecule has 0 fully saturated rings. The summed E-state index contributed by atoms with van der Waals surface area (Å²) in [5, 5.41) is 9.67. The lowest BCUT2D eigenvalue weighted by Gasteiger charge is -2.31. The second-order valence-electron chi connectivity index (χ2n) is 19.5. The first kappa shape index (κ1) is 65.2. The molecule has 0 aliphatic carbocycles. The van der Waals surface area contributed by atoms with E-state index >= 15 is 0 Å². The maximum atomic E-state index is 12.8. The quantitative estimate of drug-likeness (QED) is 0.0281. The van der Waals surface area contributed by atoms with E-state index in [1.54, 1.807) is 0 Å². The van der Waals surface area contributed by atoms with E-state index in [0.29, 0.717) is 19.3 Å². The van der Waals surface area contributed by atoms with Crippen LogP contribution < -0.4 is 0 Å². The minimum atomic E-state index is -0.882. The Balaban J connectivity index is 4.30. The molecule has 0 spiro atoms. The predicted molar refractivity (Wildman–Crippen MR) is 293 cm³/mol. The number of aliphatic carboxylic acids is 1. The summed E-state index contributed by atoms with van der Waals surface area (Å²) in [6, 6.07) is -0.627. The number of allylic oxidation sites excluding steroid dienone is 16. The summed E-state index contributed by atoms with van der Waals surface area (Å²) in [6.07, 6.45) is 68.9. The highest BCUT2D eigenvalue weighted by atomic mass is 16.6. The average Bonchev–Trinajstić information content (AvgIpc) is 3.31. The van der Waals surface area contributed by atoms with Gasteiger partial charge < -0.3 is 23.8 Å². The zero-order valence-corrected chi connectivity index (χ0v) is 45.0. The number of esters is 2. The van der Waals surface area contributed by atoms with Crippen molar-refractivity contribution in [2.45, 2.75) is 231 Å². The van der Waals surface area contributed by atoms with Gasteiger partial charge in [0.1, 0.15) is 6.61 Å². The molecule has 0 aromatic heterocycles. The molecule has 8 nitrogen and oxygen atoms in total. The normalized spacial score (nSPS) is 13.6. The fourth-order valence-corrected chi connectivity index (χ4v) is 7.71. The Labute approximate surface area is 424 Å². The maximum Gasteiger partial charge on any atom is 0.362 e. The fraction of sp³-hybridized carbons (Fsp3) is 0.689. The number of nitrogens with zero attached hydrogens (tertiary/aromatic N) is 1. The van der Waals surface area contributed by atoms with E-state index in [9.17, 15) is 19.5 Å². The molecule has 0 saturated heterocycles. The zero-order chi connectivity index (χ0) is 50.6. The Morgan fingerprint density at radius 1 is 0.449 bits per heavy atom. The number of hydrogen-bond donors (Lipinski definition) is 1. The number of carbonyl (C=O) groups is 3. The van der Waals surface area contributed by atoms with Crippen LogP contribution in [0, 0.1) is 0 Å². The van der Waals surface area contributed by atoms with Crippen LogP contribution in [0.25, 0.3) is 0 Å². The first-order valence-electron chi connectivity index (χ1n) is 27.8. The number of carboxylic acids is 1. The van der Waals surface area contributed by atoms with E-state index in [4.69, 9.17) is 14.2 Å². The highest BCUT2D eigenvalue weighted by Crippen LogP contribution is 2.14. The topological polar surface area (TPSA) is 99.1 Å². The lowest BCUT2D eigenvalue weighted by Crippen LogP contribution is -2.50. The summed E-state index contributed by atoms with van der Waals surface area (Å²) in [7, 11) is 5.52. The summed E-state index contributed by atoms with van der Waals surface area (Å²) >= 11 is 0. The molecule has 0 rings (SSSR count). The number of hydrogen-bond acceptors (Lipinski definition) is 6. The number of quaternary nitrogens is 1. The molecule has 0 aliphatic heterocycles. The number of carboxylic acid groups (broad SMARTS) is 1. The van der Waals surface area contributed by atoms with Crippen molar-refractivity contribution in [2.75, 3.05) is 41.0 Å². The van der Waals surface area contributed by atoms with Crippen LogP contribution >= 0.6 is 0 Å². The largest absolute Gasteiger partial charge is 0.477 e. The van der Waals surface area contributed by atoms with E-state index in [1.807, 2.05) is 21.1 Å². The van der Waals surface area contributed by atoms with Gasteiger partial charge in [-0.1, -0.05) is 201 Å². The van der Waals surface area contributed by atoms with Crippen molar-refractivity contribution >= 4 is 17.9 Å². The Hall–Kier alpha value is -3.75. The Morgan fingerprint density at radius 2 is 0.812 bits per heavy atom. The third-order valence-electron chi connectivity index (χ3n) is 12.0. The highest BCUT2D eigenvalue weighted by molar-refractivity contribution is 5.72. The van der Waals surface area contributed by atoms with Crippen LogP contribution in [0.4, 0.5) is 0 Å². The van der Waals surface area contributed by atoms with Gasteiger partial charge >= 0.3 is 17.9 Å². The van der Waals surface area contributed by atoms with Crippen molar-refractivity contribution in [3.63, 3.8) is 0 Å². The van der Waals surface area contributed by atoms with Crippen molar-refractivity contribution in [1.29, 1.82) is 0 Å². The molecule has 0 bridgehead atoms. The summed E-state index contributed by atoms with van der Waals surface area (Å²) < 4.78 is 17.4. The van der Waals surface area contributed by atoms with Gasteiger partial charge in [-0.15, -0.1) is 0 Å². The average molecular weight is 964 g/mol. The third-order valence-corrected chi connectivity index (χ3v) is 12.0. The van der Waals surface area contributed by atoms with Gasteiger partial charge in [0.2, 0.25) is 0 Å². The highest BCUT2D eigenvalue weighted by Gasteiger charge is 2.31. The molecule has 2 atom stereocenters. The Bertz CT molecular complexity index is 1450. The fourth-order valence-electron chi connectivity index (χ4n) is 7.71. The Morgan fingerprint density at radius 3 is 1.20 bits per heavy atom. The summed E-state index contributed by atoms with van der Waals surface area (Å²) in [4.78, 5) is 37.3. The van der Waals surface area contributed by atoms with E-state index in [-0.39, 0.29) is 36.2 Å². The van der Waals surface area contributed by atoms with Crippen molar-refractivity contribution in [1.82, 2.24) is 0 Å². The van der Waals surface area contributed by atoms with Crippen molar-refractivity contribution in [3.05, 3.63) is 97.2 Å². The third kappa shape index (κ3) is 49.0. The smallest absolute Gasteiger partial charge is 0.362 e. The minimum Gasteiger partial charge on any atom is -0.477 e. The number of likely N-dealkylation sites (N-methyl/N-ethyl adjacent to an activating group) is 1. The molecule has 8 heteroatoms. The van der Waals surface area contributed by atoms with E-state index in [1.165, 1.54) is 83.5 Å². The lowest BCUT2D eigenvalue weighted by molar-refractivity contribution is -0.887. The van der Waals surface area contributed by atoms with Crippen molar-refractivity contribution in [3.8, 4) is 0 Å². The molecular formula is C61H104NO7+. The summed E-state index contributed by atoms with van der Waals surface area (Å²) in [5.41, 5.74) is 0. The first-order chi connectivity index (χ1) is 33.6. The molecule has 69 heavy (non-hydrogen) atoms. The minimum absolute atomic E-state index is 0.0440. The molecule has 0 aromatic carbocycles. The number of rotatable bonds is 49. The molecule has 0 aliphatic rings. The van der Waals surface area contributed by atoms with Gasteiger partial charge in [-0.2, -0.15) is 0 Å². The van der Waals surface area contributed by atoms with Crippen LogP contribution in [0.1, 0.15) is 219 Å². The second kappa shape index (κ2) is 50.6. The van der Waals surface area contributed by atoms with Gasteiger partial charge in [0, 0.05) is 19.3 Å². The van der Waals surface area contributed by atoms with Crippen LogP contribution in [-0.4, -0.2) is 80.6 Å². The van der Waals surface area contributed by atoms with E-state index < -0.39 is 18.1 Å². The Kier molecular flexibility index (Phi) is 47.9. The second-order valence-corrected chi connectivity index (χ2v) is 19.5. The van der Waals surface area contributed by atoms with Crippen LogP contribution in [0.5, 0.6) is 0 Å². The molecule has 0 heterocycles. The van der Waals surface area contributed by atoms with Crippen LogP contribution in [0.15, 0.2) is 97.2 Å². The van der Waals surface area contributed by atoms with Crippen LogP contribution in [0.3, 0.4) is 0 Å². The van der Waals surface area contributed by atoms with E-state index in [0.717, 1.165) is 103 Å². The molecule has 1 N–H and O–H groups in total. The van der Waals surface area contributed by atoms with E-state index in [2.05, 4.69) is 111 Å². The predicted octanol–water partition coefficient (Wildman–Crippen LogP) is 16.6. The van der Waals surface area contributed by atoms with Crippen molar-refractivity contribution in [2.24, 2.45) is 0 Å². The number of unbranched alkanes of at least 4 members (excludes halogenated alkanes) is 19. The standard InChI is InChI=1S/C61H103NO7/c1-6-8-10-12-14-16-18-20-22-24-26-28-30-32-33-35-37-39-41-43-45-47-49-51-59(63)68-56-57(55-67-54-53-58(61(65)66)62(3,4)5)69-60(64)52-50-48-46-44-42-40-38-36-34-31-29-27-25-23-21-19-17-15-13-11-9-7-2/h8,10,14,16,20,22,25-28,31-34,37,39,57-58H,6-7,9,11-13,15,17-19,21,23-24,29-30,35-36,38,40-56H2,1-5H3/p+1/b10-8+,16-14+,22-20+,27-25+,28-26+,33-32+,34-31+,39-37+. The molecule has 394 valence electrons. The lowest BCUT2D eigenvalue weighted by atomic mass is 10.1.